The van der Waals surface area contributed by atoms with Gasteiger partial charge in [0.25, 0.3) is 0 Å². The van der Waals surface area contributed by atoms with Crippen molar-refractivity contribution in [3.8, 4) is 11.5 Å². The van der Waals surface area contributed by atoms with Crippen LogP contribution in [0.4, 0.5) is 13.2 Å². The number of pyridine rings is 1. The Morgan fingerprint density at radius 1 is 1.26 bits per heavy atom. The lowest BCUT2D eigenvalue weighted by Crippen LogP contribution is -2.13. The van der Waals surface area contributed by atoms with Crippen molar-refractivity contribution < 1.29 is 13.2 Å². The lowest BCUT2D eigenvalue weighted by Gasteiger charge is -2.11. The Labute approximate surface area is 120 Å². The molecule has 8 heteroatoms. The first-order valence-corrected chi connectivity index (χ1v) is 6.53. The summed E-state index contributed by atoms with van der Waals surface area (Å²) >= 11 is 8.84. The molecule has 0 atom stereocenters. The third-order valence-electron chi connectivity index (χ3n) is 2.25. The van der Waals surface area contributed by atoms with Crippen molar-refractivity contribution >= 4 is 27.5 Å². The van der Waals surface area contributed by atoms with Crippen LogP contribution in [-0.4, -0.2) is 15.0 Å². The Bertz CT molecular complexity index is 604. The molecule has 0 saturated heterocycles. The molecule has 0 aliphatic heterocycles. The molecule has 3 nitrogen and oxygen atoms in total. The van der Waals surface area contributed by atoms with E-state index >= 15 is 0 Å². The summed E-state index contributed by atoms with van der Waals surface area (Å²) < 4.78 is 38.6. The van der Waals surface area contributed by atoms with E-state index in [1.165, 1.54) is 12.3 Å². The molecule has 19 heavy (non-hydrogen) atoms. The van der Waals surface area contributed by atoms with E-state index in [0.29, 0.717) is 0 Å². The van der Waals surface area contributed by atoms with Gasteiger partial charge >= 0.3 is 6.18 Å². The van der Waals surface area contributed by atoms with Gasteiger partial charge in [0.2, 0.25) is 0 Å². The van der Waals surface area contributed by atoms with Crippen molar-refractivity contribution in [2.75, 3.05) is 0 Å². The summed E-state index contributed by atoms with van der Waals surface area (Å²) in [7, 11) is 0. The maximum Gasteiger partial charge on any atom is 0.433 e. The van der Waals surface area contributed by atoms with Crippen molar-refractivity contribution in [2.45, 2.75) is 11.5 Å². The van der Waals surface area contributed by atoms with Crippen LogP contribution in [0.15, 0.2) is 24.5 Å². The molecule has 0 aliphatic rings. The second-order valence-electron chi connectivity index (χ2n) is 3.53. The summed E-state index contributed by atoms with van der Waals surface area (Å²) in [5.74, 6) is -0.150. The molecule has 0 aromatic carbocycles. The number of nitrogens with zero attached hydrogens (tertiary/aromatic N) is 3. The molecular formula is C11H6BrClF3N3. The smallest absolute Gasteiger partial charge is 0.251 e. The summed E-state index contributed by atoms with van der Waals surface area (Å²) in [6.45, 7) is 0. The van der Waals surface area contributed by atoms with Crippen LogP contribution in [0.2, 0.25) is 5.02 Å². The van der Waals surface area contributed by atoms with Crippen LogP contribution in [0.5, 0.6) is 0 Å². The predicted molar refractivity (Wildman–Crippen MR) is 67.9 cm³/mol. The lowest BCUT2D eigenvalue weighted by molar-refractivity contribution is -0.141. The molecule has 0 unspecified atom stereocenters. The summed E-state index contributed by atoms with van der Waals surface area (Å²) in [4.78, 5) is 11.3. The quantitative estimate of drug-likeness (QED) is 0.764. The van der Waals surface area contributed by atoms with Gasteiger partial charge in [-0.05, 0) is 12.1 Å². The fourth-order valence-corrected chi connectivity index (χ4v) is 2.03. The van der Waals surface area contributed by atoms with Gasteiger partial charge in [-0.15, -0.1) is 0 Å². The van der Waals surface area contributed by atoms with E-state index in [-0.39, 0.29) is 27.4 Å². The maximum absolute atomic E-state index is 12.9. The van der Waals surface area contributed by atoms with Crippen LogP contribution in [0.1, 0.15) is 11.3 Å². The molecule has 0 bridgehead atoms. The Morgan fingerprint density at radius 2 is 2.00 bits per heavy atom. The molecular weight excluding hydrogens is 346 g/mol. The molecule has 2 rings (SSSR count). The van der Waals surface area contributed by atoms with Gasteiger partial charge in [-0.3, -0.25) is 4.98 Å². The summed E-state index contributed by atoms with van der Waals surface area (Å²) in [6.07, 6.45) is -2.02. The van der Waals surface area contributed by atoms with E-state index < -0.39 is 11.9 Å². The van der Waals surface area contributed by atoms with Gasteiger partial charge in [0.1, 0.15) is 5.69 Å². The van der Waals surface area contributed by atoms with Crippen molar-refractivity contribution in [1.82, 2.24) is 15.0 Å². The number of halogens is 5. The molecule has 0 spiro atoms. The molecule has 0 saturated carbocycles. The second kappa shape index (κ2) is 5.42. The zero-order valence-electron chi connectivity index (χ0n) is 9.25. The number of hydrogen-bond donors (Lipinski definition) is 0. The van der Waals surface area contributed by atoms with Crippen molar-refractivity contribution in [3.05, 3.63) is 40.8 Å². The highest BCUT2D eigenvalue weighted by Crippen LogP contribution is 2.33. The SMILES string of the molecule is FC(F)(F)c1nc(-c2ncccc2Cl)ncc1CBr. The Kier molecular flexibility index (Phi) is 4.05. The van der Waals surface area contributed by atoms with E-state index in [9.17, 15) is 13.2 Å². The molecule has 0 N–H and O–H groups in total. The van der Waals surface area contributed by atoms with E-state index in [2.05, 4.69) is 30.9 Å². The van der Waals surface area contributed by atoms with Crippen LogP contribution in [0.25, 0.3) is 11.5 Å². The number of alkyl halides is 4. The number of rotatable bonds is 2. The fourth-order valence-electron chi connectivity index (χ4n) is 1.41. The minimum absolute atomic E-state index is 0.0120. The van der Waals surface area contributed by atoms with Gasteiger partial charge in [0.05, 0.1) is 5.02 Å². The van der Waals surface area contributed by atoms with Gasteiger partial charge in [0, 0.05) is 23.3 Å². The average Bonchev–Trinajstić information content (AvgIpc) is 2.37. The van der Waals surface area contributed by atoms with Crippen LogP contribution < -0.4 is 0 Å². The maximum atomic E-state index is 12.9. The molecule has 2 aromatic heterocycles. The van der Waals surface area contributed by atoms with Crippen molar-refractivity contribution in [1.29, 1.82) is 0 Å². The van der Waals surface area contributed by atoms with Crippen molar-refractivity contribution in [2.24, 2.45) is 0 Å². The fraction of sp³-hybridized carbons (Fsp3) is 0.182. The highest BCUT2D eigenvalue weighted by Gasteiger charge is 2.36. The summed E-state index contributed by atoms with van der Waals surface area (Å²) in [5.41, 5.74) is -0.907. The molecule has 0 fully saturated rings. The molecule has 2 aromatic rings. The largest absolute Gasteiger partial charge is 0.433 e. The topological polar surface area (TPSA) is 38.7 Å². The van der Waals surface area contributed by atoms with Crippen LogP contribution in [0, 0.1) is 0 Å². The second-order valence-corrected chi connectivity index (χ2v) is 4.50. The third kappa shape index (κ3) is 3.03. The lowest BCUT2D eigenvalue weighted by atomic mass is 10.2. The Morgan fingerprint density at radius 3 is 2.58 bits per heavy atom. The van der Waals surface area contributed by atoms with E-state index in [0.717, 1.165) is 6.20 Å². The van der Waals surface area contributed by atoms with Crippen LogP contribution in [-0.2, 0) is 11.5 Å². The first kappa shape index (κ1) is 14.2. The predicted octanol–water partition coefficient (Wildman–Crippen LogP) is 4.11. The van der Waals surface area contributed by atoms with Gasteiger partial charge in [-0.25, -0.2) is 9.97 Å². The van der Waals surface area contributed by atoms with E-state index in [4.69, 9.17) is 11.6 Å². The van der Waals surface area contributed by atoms with E-state index in [1.54, 1.807) is 6.07 Å². The van der Waals surface area contributed by atoms with Crippen molar-refractivity contribution in [3.63, 3.8) is 0 Å². The molecule has 0 radical (unpaired) electrons. The third-order valence-corrected chi connectivity index (χ3v) is 3.16. The van der Waals surface area contributed by atoms with Crippen LogP contribution in [0.3, 0.4) is 0 Å². The summed E-state index contributed by atoms with van der Waals surface area (Å²) in [5, 5.41) is 0.208. The zero-order chi connectivity index (χ0) is 14.0. The number of hydrogen-bond acceptors (Lipinski definition) is 3. The molecule has 0 amide bonds. The first-order valence-electron chi connectivity index (χ1n) is 5.03. The van der Waals surface area contributed by atoms with Gasteiger partial charge < -0.3 is 0 Å². The highest BCUT2D eigenvalue weighted by molar-refractivity contribution is 9.08. The Balaban J connectivity index is 2.59. The molecule has 2 heterocycles. The van der Waals surface area contributed by atoms with Gasteiger partial charge in [0.15, 0.2) is 11.5 Å². The summed E-state index contributed by atoms with van der Waals surface area (Å²) in [6, 6.07) is 3.09. The Hall–Kier alpha value is -1.21. The van der Waals surface area contributed by atoms with Crippen LogP contribution >= 0.6 is 27.5 Å². The van der Waals surface area contributed by atoms with Gasteiger partial charge in [-0.2, -0.15) is 13.2 Å². The normalized spacial score (nSPS) is 11.6. The average molecular weight is 353 g/mol. The minimum Gasteiger partial charge on any atom is -0.251 e. The minimum atomic E-state index is -4.55. The van der Waals surface area contributed by atoms with E-state index in [1.807, 2.05) is 0 Å². The standard InChI is InChI=1S/C11H6BrClF3N3/c12-4-6-5-18-10(19-9(6)11(14,15)16)8-7(13)2-1-3-17-8/h1-3,5H,4H2. The monoisotopic (exact) mass is 351 g/mol. The van der Waals surface area contributed by atoms with Gasteiger partial charge in [-0.1, -0.05) is 27.5 Å². The highest BCUT2D eigenvalue weighted by atomic mass is 79.9. The first-order chi connectivity index (χ1) is 8.93. The molecule has 100 valence electrons. The molecule has 0 aliphatic carbocycles. The zero-order valence-corrected chi connectivity index (χ0v) is 11.6. The number of aromatic nitrogens is 3.